The molecule has 174 valence electrons. The number of halogens is 2. The topological polar surface area (TPSA) is 127 Å². The summed E-state index contributed by atoms with van der Waals surface area (Å²) >= 11 is 12.9. The van der Waals surface area contributed by atoms with Crippen molar-refractivity contribution in [2.45, 2.75) is 11.3 Å². The van der Waals surface area contributed by atoms with Gasteiger partial charge in [0.1, 0.15) is 10.8 Å². The van der Waals surface area contributed by atoms with E-state index in [1.165, 1.54) is 36.4 Å². The molecule has 0 aliphatic carbocycles. The molecule has 4 aromatic rings. The number of sulfonamides is 1. The zero-order valence-corrected chi connectivity index (χ0v) is 20.3. The Kier molecular flexibility index (Phi) is 7.15. The predicted molar refractivity (Wildman–Crippen MR) is 133 cm³/mol. The molecule has 0 saturated carbocycles. The molecule has 1 amide bonds. The monoisotopic (exact) mass is 534 g/mol. The molecule has 8 nitrogen and oxygen atoms in total. The van der Waals surface area contributed by atoms with Crippen molar-refractivity contribution in [1.82, 2.24) is 10.2 Å². The van der Waals surface area contributed by atoms with E-state index in [-0.39, 0.29) is 28.1 Å². The Morgan fingerprint density at radius 3 is 2.38 bits per heavy atom. The normalized spacial score (nSPS) is 12.7. The number of nitrogens with one attached hydrogen (secondary N) is 2. The van der Waals surface area contributed by atoms with Crippen molar-refractivity contribution >= 4 is 61.7 Å². The Labute approximate surface area is 210 Å². The second kappa shape index (κ2) is 10.1. The van der Waals surface area contributed by atoms with Crippen LogP contribution in [0.25, 0.3) is 10.6 Å². The first-order valence-electron chi connectivity index (χ1n) is 9.69. The smallest absolute Gasteiger partial charge is 0.248 e. The molecule has 1 heterocycles. The number of aromatic hydroxyl groups is 1. The van der Waals surface area contributed by atoms with Gasteiger partial charge in [0.2, 0.25) is 11.0 Å². The van der Waals surface area contributed by atoms with Crippen LogP contribution in [0.1, 0.15) is 5.56 Å². The van der Waals surface area contributed by atoms with Gasteiger partial charge in [-0.05, 0) is 66.2 Å². The molecule has 4 rings (SSSR count). The van der Waals surface area contributed by atoms with Gasteiger partial charge in [-0.25, -0.2) is 0 Å². The summed E-state index contributed by atoms with van der Waals surface area (Å²) in [7, 11) is -3.91. The van der Waals surface area contributed by atoms with Crippen molar-refractivity contribution in [2.75, 3.05) is 10.0 Å². The van der Waals surface area contributed by atoms with E-state index in [1.807, 2.05) is 0 Å². The molecular formula is C22H16Cl2N4O4S2. The number of carbonyl (C=O) groups excluding carboxylic acids is 1. The van der Waals surface area contributed by atoms with E-state index in [9.17, 15) is 18.7 Å². The number of anilines is 2. The lowest BCUT2D eigenvalue weighted by atomic mass is 10.1. The molecule has 34 heavy (non-hydrogen) atoms. The fraction of sp³-hybridized carbons (Fsp3) is 0.0455. The van der Waals surface area contributed by atoms with Gasteiger partial charge in [-0.3, -0.25) is 4.79 Å². The van der Waals surface area contributed by atoms with Crippen LogP contribution in [-0.4, -0.2) is 25.8 Å². The van der Waals surface area contributed by atoms with Crippen LogP contribution in [-0.2, 0) is 25.8 Å². The first kappa shape index (κ1) is 24.1. The van der Waals surface area contributed by atoms with Gasteiger partial charge in [0, 0.05) is 11.3 Å². The number of phenolic OH excluding ortho intramolecular Hbond substituents is 1. The van der Waals surface area contributed by atoms with Crippen LogP contribution in [0.2, 0.25) is 10.0 Å². The first-order chi connectivity index (χ1) is 16.2. The molecule has 1 aromatic heterocycles. The maximum atomic E-state index is 12.7. The van der Waals surface area contributed by atoms with Crippen LogP contribution < -0.4 is 10.0 Å². The number of carbonyl (C=O) groups is 1. The van der Waals surface area contributed by atoms with Crippen molar-refractivity contribution in [3.8, 4) is 16.3 Å². The van der Waals surface area contributed by atoms with Gasteiger partial charge < -0.3 is 15.0 Å². The van der Waals surface area contributed by atoms with Crippen LogP contribution in [0.4, 0.5) is 10.8 Å². The Morgan fingerprint density at radius 1 is 1.00 bits per heavy atom. The second-order valence-electron chi connectivity index (χ2n) is 7.06. The summed E-state index contributed by atoms with van der Waals surface area (Å²) in [6, 6.07) is 17.0. The highest BCUT2D eigenvalue weighted by molar-refractivity contribution is 7.99. The fourth-order valence-electron chi connectivity index (χ4n) is 2.92. The van der Waals surface area contributed by atoms with Crippen molar-refractivity contribution < 1.29 is 18.7 Å². The molecule has 0 aliphatic rings. The maximum Gasteiger partial charge on any atom is 0.248 e. The lowest BCUT2D eigenvalue weighted by Gasteiger charge is -2.14. The van der Waals surface area contributed by atoms with Gasteiger partial charge in [-0.1, -0.05) is 44.8 Å². The predicted octanol–water partition coefficient (Wildman–Crippen LogP) is 5.41. The van der Waals surface area contributed by atoms with E-state index in [1.54, 1.807) is 30.3 Å². The molecule has 0 saturated heterocycles. The summed E-state index contributed by atoms with van der Waals surface area (Å²) in [6.45, 7) is 0. The molecule has 0 fully saturated rings. The number of nitrogens with zero attached hydrogens (tertiary/aromatic N) is 2. The van der Waals surface area contributed by atoms with E-state index < -0.39 is 10.4 Å². The number of hydrogen-bond acceptors (Lipinski definition) is 7. The van der Waals surface area contributed by atoms with Gasteiger partial charge >= 0.3 is 0 Å². The van der Waals surface area contributed by atoms with Crippen molar-refractivity contribution in [1.29, 1.82) is 0 Å². The summed E-state index contributed by atoms with van der Waals surface area (Å²) in [5, 5.41) is 21.3. The quantitative estimate of drug-likeness (QED) is 0.272. The van der Waals surface area contributed by atoms with Crippen LogP contribution in [0.5, 0.6) is 5.75 Å². The third kappa shape index (κ3) is 5.91. The fourth-order valence-corrected chi connectivity index (χ4v) is 5.22. The molecule has 0 bridgehead atoms. The van der Waals surface area contributed by atoms with Gasteiger partial charge in [0.15, 0.2) is 15.3 Å². The van der Waals surface area contributed by atoms with Crippen LogP contribution in [0.3, 0.4) is 0 Å². The highest BCUT2D eigenvalue weighted by Crippen LogP contribution is 2.30. The van der Waals surface area contributed by atoms with Crippen molar-refractivity contribution in [3.63, 3.8) is 0 Å². The summed E-state index contributed by atoms with van der Waals surface area (Å²) < 4.78 is 27.8. The van der Waals surface area contributed by atoms with E-state index in [4.69, 9.17) is 23.2 Å². The zero-order valence-electron chi connectivity index (χ0n) is 17.2. The third-order valence-electron chi connectivity index (χ3n) is 4.56. The number of rotatable bonds is 7. The average Bonchev–Trinajstić information content (AvgIpc) is 3.25. The summed E-state index contributed by atoms with van der Waals surface area (Å²) in [4.78, 5) is 12.3. The van der Waals surface area contributed by atoms with E-state index in [2.05, 4.69) is 20.2 Å². The molecule has 1 atom stereocenters. The highest BCUT2D eigenvalue weighted by atomic mass is 35.5. The van der Waals surface area contributed by atoms with Gasteiger partial charge in [-0.2, -0.15) is 4.72 Å². The molecule has 12 heteroatoms. The Bertz CT molecular complexity index is 1380. The lowest BCUT2D eigenvalue weighted by Crippen LogP contribution is -2.21. The molecule has 0 radical (unpaired) electrons. The molecule has 1 unspecified atom stereocenters. The van der Waals surface area contributed by atoms with Gasteiger partial charge in [-0.15, -0.1) is 10.2 Å². The molecular weight excluding hydrogens is 519 g/mol. The summed E-state index contributed by atoms with van der Waals surface area (Å²) in [5.41, 5.74) is 1.83. The van der Waals surface area contributed by atoms with Crippen LogP contribution in [0.15, 0.2) is 71.6 Å². The highest BCUT2D eigenvalue weighted by Gasteiger charge is 2.23. The number of phenols is 1. The maximum absolute atomic E-state index is 12.7. The van der Waals surface area contributed by atoms with Crippen LogP contribution in [0, 0.1) is 0 Å². The largest absolute Gasteiger partial charge is 0.588 e. The number of aromatic nitrogens is 2. The molecule has 0 aliphatic heterocycles. The minimum atomic E-state index is -3.91. The third-order valence-corrected chi connectivity index (χ3v) is 7.67. The SMILES string of the molecule is O=C(Cc1ccc(Cl)c(Cl)c1)Nc1ccc([S+](=O)([O-])Nc2nnc(-c3ccc(O)cc3)s2)cc1. The van der Waals surface area contributed by atoms with Gasteiger partial charge in [0.05, 0.1) is 16.5 Å². The number of benzene rings is 3. The lowest BCUT2D eigenvalue weighted by molar-refractivity contribution is -0.115. The molecule has 0 spiro atoms. The number of hydrogen-bond donors (Lipinski definition) is 3. The Morgan fingerprint density at radius 2 is 1.71 bits per heavy atom. The average molecular weight is 535 g/mol. The first-order valence-corrected chi connectivity index (χ1v) is 12.7. The Hall–Kier alpha value is -3.02. The minimum absolute atomic E-state index is 0.00337. The van der Waals surface area contributed by atoms with Crippen LogP contribution >= 0.6 is 34.5 Å². The van der Waals surface area contributed by atoms with Crippen molar-refractivity contribution in [3.05, 3.63) is 82.3 Å². The standard InChI is InChI=1S/C22H16Cl2N4O4S2/c23-18-10-1-13(11-19(18)24)12-20(30)25-15-4-8-17(9-5-15)34(31,32)28-22-27-26-21(33-22)14-2-6-16(29)7-3-14/h1-11H,12H2,(H3-,25,26,27,28,29,30,31,32). The summed E-state index contributed by atoms with van der Waals surface area (Å²) in [5.74, 6) is -0.175. The number of amides is 1. The minimum Gasteiger partial charge on any atom is -0.588 e. The van der Waals surface area contributed by atoms with E-state index in [0.29, 0.717) is 31.9 Å². The van der Waals surface area contributed by atoms with E-state index >= 15 is 0 Å². The zero-order chi connectivity index (χ0) is 24.3. The second-order valence-corrected chi connectivity index (χ2v) is 10.5. The molecule has 3 N–H and O–H groups in total. The van der Waals surface area contributed by atoms with Crippen molar-refractivity contribution in [2.24, 2.45) is 0 Å². The van der Waals surface area contributed by atoms with E-state index in [0.717, 1.165) is 11.3 Å². The molecule has 3 aromatic carbocycles. The Balaban J connectivity index is 1.39. The van der Waals surface area contributed by atoms with Gasteiger partial charge in [0.25, 0.3) is 0 Å². The summed E-state index contributed by atoms with van der Waals surface area (Å²) in [6.07, 6.45) is 0.0822.